The molecule has 1 fully saturated rings. The summed E-state index contributed by atoms with van der Waals surface area (Å²) in [7, 11) is 0. The van der Waals surface area contributed by atoms with Crippen LogP contribution in [0.25, 0.3) is 0 Å². The molecule has 0 radical (unpaired) electrons. The number of pyridine rings is 1. The third-order valence-electron chi connectivity index (χ3n) is 5.59. The lowest BCUT2D eigenvalue weighted by molar-refractivity contribution is 0.371. The molecular weight excluding hydrogens is 507 g/mol. The summed E-state index contributed by atoms with van der Waals surface area (Å²) in [5.74, 6) is 2.12. The average molecular weight is 541 g/mol. The number of halogens is 1. The number of aromatic nitrogens is 2. The first-order valence-corrected chi connectivity index (χ1v) is 11.8. The third-order valence-corrected chi connectivity index (χ3v) is 6.80. The van der Waals surface area contributed by atoms with Crippen LogP contribution in [-0.4, -0.2) is 60.1 Å². The largest absolute Gasteiger partial charge is 0.357 e. The molecule has 164 valence electrons. The van der Waals surface area contributed by atoms with E-state index in [9.17, 15) is 0 Å². The number of thiazole rings is 1. The van der Waals surface area contributed by atoms with Crippen molar-refractivity contribution in [1.82, 2.24) is 20.2 Å². The molecular formula is C22H33IN6S. The molecule has 2 aromatic rings. The van der Waals surface area contributed by atoms with Gasteiger partial charge in [0, 0.05) is 56.8 Å². The molecule has 0 aromatic carbocycles. The summed E-state index contributed by atoms with van der Waals surface area (Å²) in [6.45, 7) is 7.80. The molecule has 0 saturated carbocycles. The molecule has 0 bridgehead atoms. The number of fused-ring (bicyclic) bond motifs is 1. The molecule has 0 atom stereocenters. The highest BCUT2D eigenvalue weighted by atomic mass is 127. The number of nitrogens with zero attached hydrogens (tertiary/aromatic N) is 5. The lowest BCUT2D eigenvalue weighted by atomic mass is 10.0. The van der Waals surface area contributed by atoms with Gasteiger partial charge in [-0.25, -0.2) is 9.97 Å². The predicted octanol–water partition coefficient (Wildman–Crippen LogP) is 3.76. The number of piperazine rings is 1. The minimum absolute atomic E-state index is 0. The van der Waals surface area contributed by atoms with Crippen molar-refractivity contribution in [3.63, 3.8) is 0 Å². The van der Waals surface area contributed by atoms with Crippen molar-refractivity contribution in [2.24, 2.45) is 4.99 Å². The van der Waals surface area contributed by atoms with E-state index in [0.29, 0.717) is 0 Å². The molecule has 30 heavy (non-hydrogen) atoms. The van der Waals surface area contributed by atoms with Crippen molar-refractivity contribution in [2.45, 2.75) is 45.4 Å². The van der Waals surface area contributed by atoms with Crippen molar-refractivity contribution in [2.75, 3.05) is 44.2 Å². The van der Waals surface area contributed by atoms with E-state index in [-0.39, 0.29) is 24.0 Å². The monoisotopic (exact) mass is 540 g/mol. The van der Waals surface area contributed by atoms with Gasteiger partial charge in [0.2, 0.25) is 0 Å². The van der Waals surface area contributed by atoms with E-state index in [1.54, 1.807) is 0 Å². The number of aryl methyl sites for hydroxylation is 3. The molecule has 2 aliphatic rings. The Labute approximate surface area is 201 Å². The number of nitrogens with one attached hydrogen (secondary N) is 1. The molecule has 1 aliphatic heterocycles. The molecule has 0 spiro atoms. The Kier molecular flexibility index (Phi) is 9.17. The second-order valence-corrected chi connectivity index (χ2v) is 8.85. The number of hydrogen-bond acceptors (Lipinski definition) is 5. The van der Waals surface area contributed by atoms with E-state index >= 15 is 0 Å². The predicted molar refractivity (Wildman–Crippen MR) is 136 cm³/mol. The zero-order valence-corrected chi connectivity index (χ0v) is 21.0. The molecule has 2 aromatic heterocycles. The lowest BCUT2D eigenvalue weighted by Gasteiger charge is -2.37. The summed E-state index contributed by atoms with van der Waals surface area (Å²) in [6, 6.07) is 6.11. The first-order chi connectivity index (χ1) is 14.3. The fourth-order valence-corrected chi connectivity index (χ4v) is 5.24. The van der Waals surface area contributed by atoms with Crippen LogP contribution in [0.4, 0.5) is 5.82 Å². The van der Waals surface area contributed by atoms with Crippen LogP contribution in [0, 0.1) is 0 Å². The first-order valence-electron chi connectivity index (χ1n) is 11.0. The van der Waals surface area contributed by atoms with Gasteiger partial charge in [-0.15, -0.1) is 35.3 Å². The van der Waals surface area contributed by atoms with Gasteiger partial charge in [0.15, 0.2) is 5.96 Å². The SMILES string of the molecule is CCNC(=NCCCc1nc2c(s1)CCCC2)N1CCN(c2ccccn2)CC1.I. The lowest BCUT2D eigenvalue weighted by Crippen LogP contribution is -2.52. The quantitative estimate of drug-likeness (QED) is 0.262. The van der Waals surface area contributed by atoms with E-state index < -0.39 is 0 Å². The number of aliphatic imine (C=N–C) groups is 1. The minimum atomic E-state index is 0. The minimum Gasteiger partial charge on any atom is -0.357 e. The van der Waals surface area contributed by atoms with Gasteiger partial charge in [-0.3, -0.25) is 4.99 Å². The number of guanidine groups is 1. The van der Waals surface area contributed by atoms with E-state index in [2.05, 4.69) is 39.2 Å². The van der Waals surface area contributed by atoms with Crippen LogP contribution in [0.1, 0.15) is 41.8 Å². The normalized spacial score (nSPS) is 16.8. The van der Waals surface area contributed by atoms with Gasteiger partial charge in [-0.2, -0.15) is 0 Å². The van der Waals surface area contributed by atoms with Gasteiger partial charge in [-0.1, -0.05) is 6.07 Å². The molecule has 8 heteroatoms. The standard InChI is InChI=1S/C22H32N6S.HI/c1-2-23-22(28-16-14-27(15-17-28)20-10-5-6-12-24-20)25-13-7-11-21-26-18-8-3-4-9-19(18)29-21;/h5-6,10,12H,2-4,7-9,11,13-17H2,1H3,(H,23,25);1H. The van der Waals surface area contributed by atoms with Gasteiger partial charge in [-0.05, 0) is 51.2 Å². The second-order valence-electron chi connectivity index (χ2n) is 7.69. The summed E-state index contributed by atoms with van der Waals surface area (Å²) in [4.78, 5) is 20.5. The van der Waals surface area contributed by atoms with E-state index in [1.165, 1.54) is 41.3 Å². The number of hydrogen-bond donors (Lipinski definition) is 1. The highest BCUT2D eigenvalue weighted by molar-refractivity contribution is 14.0. The van der Waals surface area contributed by atoms with Crippen LogP contribution >= 0.6 is 35.3 Å². The zero-order valence-electron chi connectivity index (χ0n) is 17.8. The Hall–Kier alpha value is -1.42. The number of rotatable bonds is 6. The molecule has 0 unspecified atom stereocenters. The third kappa shape index (κ3) is 6.06. The topological polar surface area (TPSA) is 56.7 Å². The maximum absolute atomic E-state index is 4.91. The van der Waals surface area contributed by atoms with Gasteiger partial charge >= 0.3 is 0 Å². The Balaban J connectivity index is 0.00000256. The van der Waals surface area contributed by atoms with Crippen LogP contribution in [0.3, 0.4) is 0 Å². The zero-order chi connectivity index (χ0) is 19.9. The van der Waals surface area contributed by atoms with Gasteiger partial charge in [0.25, 0.3) is 0 Å². The van der Waals surface area contributed by atoms with Gasteiger partial charge in [0.05, 0.1) is 10.7 Å². The molecule has 3 heterocycles. The van der Waals surface area contributed by atoms with Gasteiger partial charge in [0.1, 0.15) is 5.82 Å². The summed E-state index contributed by atoms with van der Waals surface area (Å²) in [6.07, 6.45) is 9.03. The fraction of sp³-hybridized carbons (Fsp3) is 0.591. The maximum atomic E-state index is 4.91. The van der Waals surface area contributed by atoms with Crippen LogP contribution < -0.4 is 10.2 Å². The molecule has 1 N–H and O–H groups in total. The van der Waals surface area contributed by atoms with E-state index in [0.717, 1.165) is 63.9 Å². The molecule has 4 rings (SSSR count). The summed E-state index contributed by atoms with van der Waals surface area (Å²) in [5, 5.41) is 4.78. The Morgan fingerprint density at radius 1 is 1.17 bits per heavy atom. The highest BCUT2D eigenvalue weighted by Crippen LogP contribution is 2.27. The molecule has 0 amide bonds. The van der Waals surface area contributed by atoms with Crippen molar-refractivity contribution in [3.8, 4) is 0 Å². The Morgan fingerprint density at radius 2 is 2.00 bits per heavy atom. The fourth-order valence-electron chi connectivity index (χ4n) is 4.04. The molecule has 1 aliphatic carbocycles. The van der Waals surface area contributed by atoms with E-state index in [4.69, 9.17) is 9.98 Å². The molecule has 6 nitrogen and oxygen atoms in total. The summed E-state index contributed by atoms with van der Waals surface area (Å²) in [5.41, 5.74) is 1.37. The van der Waals surface area contributed by atoms with Crippen molar-refractivity contribution in [1.29, 1.82) is 0 Å². The number of anilines is 1. The first kappa shape index (κ1) is 23.2. The van der Waals surface area contributed by atoms with E-state index in [1.807, 2.05) is 23.6 Å². The van der Waals surface area contributed by atoms with Crippen molar-refractivity contribution >= 4 is 47.1 Å². The van der Waals surface area contributed by atoms with Crippen molar-refractivity contribution < 1.29 is 0 Å². The van der Waals surface area contributed by atoms with Gasteiger partial charge < -0.3 is 15.1 Å². The van der Waals surface area contributed by atoms with Crippen LogP contribution in [0.2, 0.25) is 0 Å². The summed E-state index contributed by atoms with van der Waals surface area (Å²) >= 11 is 1.93. The van der Waals surface area contributed by atoms with Crippen LogP contribution in [0.5, 0.6) is 0 Å². The van der Waals surface area contributed by atoms with Crippen LogP contribution in [-0.2, 0) is 19.3 Å². The Morgan fingerprint density at radius 3 is 2.73 bits per heavy atom. The maximum Gasteiger partial charge on any atom is 0.194 e. The van der Waals surface area contributed by atoms with Crippen LogP contribution in [0.15, 0.2) is 29.4 Å². The highest BCUT2D eigenvalue weighted by Gasteiger charge is 2.20. The summed E-state index contributed by atoms with van der Waals surface area (Å²) < 4.78 is 0. The Bertz CT molecular complexity index is 778. The van der Waals surface area contributed by atoms with Crippen molar-refractivity contribution in [3.05, 3.63) is 40.0 Å². The smallest absolute Gasteiger partial charge is 0.194 e. The molecule has 1 saturated heterocycles. The average Bonchev–Trinajstić information content (AvgIpc) is 3.19. The second kappa shape index (κ2) is 11.8.